The average molecular weight is 315 g/mol. The fraction of sp³-hybridized carbons (Fsp3) is 0.556. The van der Waals surface area contributed by atoms with Gasteiger partial charge in [-0.1, -0.05) is 6.07 Å². The first-order valence-corrected chi connectivity index (χ1v) is 8.48. The molecule has 0 radical (unpaired) electrons. The van der Waals surface area contributed by atoms with Crippen LogP contribution in [-0.4, -0.2) is 24.4 Å². The number of aryl methyl sites for hydroxylation is 1. The van der Waals surface area contributed by atoms with Gasteiger partial charge in [-0.15, -0.1) is 0 Å². The number of carbonyl (C=O) groups excluding carboxylic acids is 2. The molecule has 2 aliphatic rings. The second-order valence-electron chi connectivity index (χ2n) is 6.86. The summed E-state index contributed by atoms with van der Waals surface area (Å²) in [5.41, 5.74) is 2.54. The second-order valence-corrected chi connectivity index (χ2v) is 6.86. The molecular weight excluding hydrogens is 290 g/mol. The van der Waals surface area contributed by atoms with E-state index in [-0.39, 0.29) is 23.7 Å². The zero-order valence-corrected chi connectivity index (χ0v) is 13.8. The Morgan fingerprint density at radius 2 is 1.83 bits per heavy atom. The van der Waals surface area contributed by atoms with Crippen LogP contribution in [0.1, 0.15) is 38.2 Å². The van der Waals surface area contributed by atoms with Crippen molar-refractivity contribution in [1.82, 2.24) is 5.32 Å². The van der Waals surface area contributed by atoms with Crippen molar-refractivity contribution in [3.05, 3.63) is 23.8 Å². The Morgan fingerprint density at radius 1 is 1.09 bits per heavy atom. The first-order valence-electron chi connectivity index (χ1n) is 8.48. The molecule has 0 spiro atoms. The van der Waals surface area contributed by atoms with Crippen LogP contribution in [0, 0.1) is 18.8 Å². The minimum absolute atomic E-state index is 0.0513. The zero-order valence-electron chi connectivity index (χ0n) is 13.8. The largest absolute Gasteiger partial charge is 0.326 e. The smallest absolute Gasteiger partial charge is 0.227 e. The van der Waals surface area contributed by atoms with Crippen LogP contribution in [0.25, 0.3) is 0 Å². The molecule has 2 atom stereocenters. The van der Waals surface area contributed by atoms with Gasteiger partial charge in [0.05, 0.1) is 0 Å². The lowest BCUT2D eigenvalue weighted by atomic mass is 9.92. The molecule has 1 heterocycles. The monoisotopic (exact) mass is 315 g/mol. The number of carbonyl (C=O) groups is 2. The molecule has 1 aliphatic heterocycles. The molecule has 0 unspecified atom stereocenters. The lowest BCUT2D eigenvalue weighted by Gasteiger charge is -2.27. The van der Waals surface area contributed by atoms with Crippen molar-refractivity contribution in [3.63, 3.8) is 0 Å². The van der Waals surface area contributed by atoms with Gasteiger partial charge in [-0.3, -0.25) is 9.59 Å². The third kappa shape index (κ3) is 4.10. The van der Waals surface area contributed by atoms with Gasteiger partial charge in [-0.25, -0.2) is 0 Å². The molecule has 23 heavy (non-hydrogen) atoms. The van der Waals surface area contributed by atoms with E-state index in [1.165, 1.54) is 0 Å². The molecule has 1 aromatic rings. The van der Waals surface area contributed by atoms with Gasteiger partial charge in [-0.05, 0) is 63.8 Å². The number of anilines is 2. The fourth-order valence-electron chi connectivity index (χ4n) is 3.03. The van der Waals surface area contributed by atoms with E-state index in [4.69, 9.17) is 0 Å². The Balaban J connectivity index is 1.66. The Labute approximate surface area is 137 Å². The predicted octanol–water partition coefficient (Wildman–Crippen LogP) is 2.67. The number of hydrogen-bond donors (Lipinski definition) is 3. The van der Waals surface area contributed by atoms with E-state index in [1.807, 2.05) is 25.1 Å². The van der Waals surface area contributed by atoms with E-state index in [0.717, 1.165) is 49.2 Å². The van der Waals surface area contributed by atoms with Crippen LogP contribution < -0.4 is 16.0 Å². The number of hydrogen-bond acceptors (Lipinski definition) is 3. The van der Waals surface area contributed by atoms with Crippen molar-refractivity contribution >= 4 is 23.2 Å². The van der Waals surface area contributed by atoms with Gasteiger partial charge < -0.3 is 16.0 Å². The highest BCUT2D eigenvalue weighted by Gasteiger charge is 2.29. The molecule has 5 heteroatoms. The summed E-state index contributed by atoms with van der Waals surface area (Å²) in [6.07, 6.45) is 3.70. The van der Waals surface area contributed by atoms with Gasteiger partial charge >= 0.3 is 0 Å². The van der Waals surface area contributed by atoms with E-state index in [2.05, 4.69) is 22.9 Å². The Morgan fingerprint density at radius 3 is 2.52 bits per heavy atom. The Bertz CT molecular complexity index is 610. The van der Waals surface area contributed by atoms with Crippen molar-refractivity contribution in [1.29, 1.82) is 0 Å². The summed E-state index contributed by atoms with van der Waals surface area (Å²) in [5, 5.41) is 9.33. The standard InChI is InChI=1S/C18H25N3O2/c1-11-3-6-15(20-17(22)13-4-5-13)10-16(11)21-18(23)14-7-8-19-12(2)9-14/h3,6,10,12-14,19H,4-5,7-9H2,1-2H3,(H,20,22)(H,21,23)/t12-,14-/m0/s1. The molecule has 1 aromatic carbocycles. The lowest BCUT2D eigenvalue weighted by Crippen LogP contribution is -2.40. The summed E-state index contributed by atoms with van der Waals surface area (Å²) < 4.78 is 0. The van der Waals surface area contributed by atoms with Gasteiger partial charge in [0.25, 0.3) is 0 Å². The van der Waals surface area contributed by atoms with Crippen LogP contribution in [0.4, 0.5) is 11.4 Å². The van der Waals surface area contributed by atoms with Crippen LogP contribution in [0.3, 0.4) is 0 Å². The van der Waals surface area contributed by atoms with Crippen molar-refractivity contribution < 1.29 is 9.59 Å². The molecule has 124 valence electrons. The number of rotatable bonds is 4. The van der Waals surface area contributed by atoms with Crippen LogP contribution in [0.2, 0.25) is 0 Å². The summed E-state index contributed by atoms with van der Waals surface area (Å²) >= 11 is 0. The Kier molecular flexibility index (Phi) is 4.66. The highest BCUT2D eigenvalue weighted by atomic mass is 16.2. The van der Waals surface area contributed by atoms with Gasteiger partial charge in [0.2, 0.25) is 11.8 Å². The number of nitrogens with one attached hydrogen (secondary N) is 3. The molecule has 3 rings (SSSR count). The van der Waals surface area contributed by atoms with E-state index in [0.29, 0.717) is 6.04 Å². The third-order valence-electron chi connectivity index (χ3n) is 4.71. The molecule has 1 saturated carbocycles. The van der Waals surface area contributed by atoms with Crippen molar-refractivity contribution in [3.8, 4) is 0 Å². The van der Waals surface area contributed by atoms with Crippen LogP contribution >= 0.6 is 0 Å². The highest BCUT2D eigenvalue weighted by molar-refractivity contribution is 5.97. The third-order valence-corrected chi connectivity index (χ3v) is 4.71. The predicted molar refractivity (Wildman–Crippen MR) is 91.4 cm³/mol. The second kappa shape index (κ2) is 6.71. The number of benzene rings is 1. The van der Waals surface area contributed by atoms with Crippen LogP contribution in [-0.2, 0) is 9.59 Å². The minimum Gasteiger partial charge on any atom is -0.326 e. The van der Waals surface area contributed by atoms with Gasteiger partial charge in [0.15, 0.2) is 0 Å². The molecule has 2 amide bonds. The summed E-state index contributed by atoms with van der Waals surface area (Å²) in [5.74, 6) is 0.381. The van der Waals surface area contributed by atoms with Crippen LogP contribution in [0.5, 0.6) is 0 Å². The average Bonchev–Trinajstić information content (AvgIpc) is 3.35. The van der Waals surface area contributed by atoms with E-state index >= 15 is 0 Å². The van der Waals surface area contributed by atoms with Gasteiger partial charge in [0, 0.05) is 29.3 Å². The quantitative estimate of drug-likeness (QED) is 0.800. The van der Waals surface area contributed by atoms with Gasteiger partial charge in [0.1, 0.15) is 0 Å². The van der Waals surface area contributed by atoms with E-state index in [9.17, 15) is 9.59 Å². The first-order chi connectivity index (χ1) is 11.0. The van der Waals surface area contributed by atoms with Gasteiger partial charge in [-0.2, -0.15) is 0 Å². The Hall–Kier alpha value is -1.88. The molecule has 5 nitrogen and oxygen atoms in total. The minimum atomic E-state index is 0.0513. The zero-order chi connectivity index (χ0) is 16.4. The lowest BCUT2D eigenvalue weighted by molar-refractivity contribution is -0.121. The number of piperidine rings is 1. The van der Waals surface area contributed by atoms with Crippen molar-refractivity contribution in [2.75, 3.05) is 17.2 Å². The maximum Gasteiger partial charge on any atom is 0.227 e. The van der Waals surface area contributed by atoms with Crippen LogP contribution in [0.15, 0.2) is 18.2 Å². The topological polar surface area (TPSA) is 70.2 Å². The fourth-order valence-corrected chi connectivity index (χ4v) is 3.03. The molecule has 1 saturated heterocycles. The summed E-state index contributed by atoms with van der Waals surface area (Å²) in [7, 11) is 0. The molecule has 0 bridgehead atoms. The SMILES string of the molecule is Cc1ccc(NC(=O)C2CC2)cc1NC(=O)[C@H]1CCN[C@@H](C)C1. The molecule has 3 N–H and O–H groups in total. The van der Waals surface area contributed by atoms with E-state index < -0.39 is 0 Å². The highest BCUT2D eigenvalue weighted by Crippen LogP contribution is 2.31. The molecule has 2 fully saturated rings. The summed E-state index contributed by atoms with van der Waals surface area (Å²) in [6, 6.07) is 6.06. The molecule has 0 aromatic heterocycles. The summed E-state index contributed by atoms with van der Waals surface area (Å²) in [6.45, 7) is 4.96. The summed E-state index contributed by atoms with van der Waals surface area (Å²) in [4.78, 5) is 24.4. The van der Waals surface area contributed by atoms with E-state index in [1.54, 1.807) is 0 Å². The normalized spacial score (nSPS) is 24.1. The van der Waals surface area contributed by atoms with Crippen molar-refractivity contribution in [2.45, 2.75) is 45.6 Å². The van der Waals surface area contributed by atoms with Crippen molar-refractivity contribution in [2.24, 2.45) is 11.8 Å². The first kappa shape index (κ1) is 16.0. The maximum atomic E-state index is 12.5. The molecular formula is C18H25N3O2. The molecule has 1 aliphatic carbocycles. The maximum absolute atomic E-state index is 12.5. The number of amides is 2.